The molecule has 1 heterocycles. The Morgan fingerprint density at radius 2 is 1.30 bits per heavy atom. The minimum atomic E-state index is 0.0490. The third-order valence-corrected chi connectivity index (χ3v) is 7.49. The molecule has 0 amide bonds. The molecule has 0 spiro atoms. The zero-order valence-electron chi connectivity index (χ0n) is 23.3. The third kappa shape index (κ3) is 4.21. The normalized spacial score (nSPS) is 14.2. The Hall–Kier alpha value is -3.92. The summed E-state index contributed by atoms with van der Waals surface area (Å²) in [7, 11) is 10.2. The number of nitrogens with zero attached hydrogens (tertiary/aromatic N) is 3. The molecular formula is C33H37N3O. The topological polar surface area (TPSA) is 19.0 Å². The van der Waals surface area contributed by atoms with E-state index in [2.05, 4.69) is 136 Å². The lowest BCUT2D eigenvalue weighted by Crippen LogP contribution is -2.25. The highest BCUT2D eigenvalue weighted by Crippen LogP contribution is 2.56. The Morgan fingerprint density at radius 1 is 0.676 bits per heavy atom. The number of anilines is 5. The van der Waals surface area contributed by atoms with Gasteiger partial charge < -0.3 is 19.4 Å². The van der Waals surface area contributed by atoms with Crippen molar-refractivity contribution in [2.24, 2.45) is 0 Å². The van der Waals surface area contributed by atoms with E-state index in [9.17, 15) is 0 Å². The van der Waals surface area contributed by atoms with Crippen molar-refractivity contribution >= 4 is 28.4 Å². The number of hydrogen-bond acceptors (Lipinski definition) is 4. The van der Waals surface area contributed by atoms with Gasteiger partial charge >= 0.3 is 0 Å². The summed E-state index contributed by atoms with van der Waals surface area (Å²) >= 11 is 0. The van der Waals surface area contributed by atoms with Crippen LogP contribution in [0.1, 0.15) is 39.3 Å². The molecule has 0 saturated carbocycles. The van der Waals surface area contributed by atoms with Crippen LogP contribution in [0.3, 0.4) is 0 Å². The molecule has 1 atom stereocenters. The van der Waals surface area contributed by atoms with E-state index in [1.54, 1.807) is 7.11 Å². The Labute approximate surface area is 221 Å². The van der Waals surface area contributed by atoms with E-state index >= 15 is 0 Å². The first kappa shape index (κ1) is 24.8. The summed E-state index contributed by atoms with van der Waals surface area (Å²) in [6.45, 7) is 6.66. The van der Waals surface area contributed by atoms with Gasteiger partial charge in [-0.2, -0.15) is 0 Å². The van der Waals surface area contributed by atoms with E-state index in [1.807, 2.05) is 0 Å². The van der Waals surface area contributed by atoms with Crippen LogP contribution in [0.5, 0.6) is 5.75 Å². The van der Waals surface area contributed by atoms with Crippen LogP contribution in [0.15, 0.2) is 72.8 Å². The van der Waals surface area contributed by atoms with Gasteiger partial charge in [0.2, 0.25) is 0 Å². The van der Waals surface area contributed by atoms with Gasteiger partial charge in [0, 0.05) is 62.8 Å². The first-order chi connectivity index (χ1) is 17.7. The standard InChI is InChI=1S/C33H37N3O/c1-21-16-22(2)31(23(3)17-21)32-27-15-14-25(34(4)5)18-28(27)36(24-12-10-9-11-13-24)29-19-26(35(6)7)20-30(37-8)33(29)32/h9-20,32H,1-8H3. The lowest BCUT2D eigenvalue weighted by atomic mass is 9.76. The van der Waals surface area contributed by atoms with Gasteiger partial charge in [-0.1, -0.05) is 42.0 Å². The van der Waals surface area contributed by atoms with Crippen molar-refractivity contribution in [1.29, 1.82) is 0 Å². The van der Waals surface area contributed by atoms with E-state index < -0.39 is 0 Å². The minimum absolute atomic E-state index is 0.0490. The van der Waals surface area contributed by atoms with Crippen LogP contribution in [-0.2, 0) is 0 Å². The average Bonchev–Trinajstić information content (AvgIpc) is 2.87. The summed E-state index contributed by atoms with van der Waals surface area (Å²) in [5.41, 5.74) is 13.5. The second-order valence-corrected chi connectivity index (χ2v) is 10.5. The molecule has 4 aromatic rings. The molecule has 0 aromatic heterocycles. The van der Waals surface area contributed by atoms with Crippen LogP contribution in [-0.4, -0.2) is 35.3 Å². The summed E-state index contributed by atoms with van der Waals surface area (Å²) in [6, 6.07) is 26.6. The lowest BCUT2D eigenvalue weighted by molar-refractivity contribution is 0.409. The second kappa shape index (κ2) is 9.51. The Balaban J connectivity index is 1.93. The molecule has 37 heavy (non-hydrogen) atoms. The summed E-state index contributed by atoms with van der Waals surface area (Å²) in [5, 5.41) is 0. The quantitative estimate of drug-likeness (QED) is 0.250. The maximum absolute atomic E-state index is 6.16. The predicted octanol–water partition coefficient (Wildman–Crippen LogP) is 7.72. The van der Waals surface area contributed by atoms with Gasteiger partial charge in [0.1, 0.15) is 5.75 Å². The smallest absolute Gasteiger partial charge is 0.127 e. The molecule has 0 saturated heterocycles. The summed E-state index contributed by atoms with van der Waals surface area (Å²) < 4.78 is 6.16. The van der Waals surface area contributed by atoms with Gasteiger partial charge in [0.25, 0.3) is 0 Å². The Kier molecular flexibility index (Phi) is 6.36. The Bertz CT molecular complexity index is 1430. The minimum Gasteiger partial charge on any atom is -0.496 e. The molecule has 4 aromatic carbocycles. The van der Waals surface area contributed by atoms with Crippen LogP contribution >= 0.6 is 0 Å². The van der Waals surface area contributed by atoms with Crippen LogP contribution in [0, 0.1) is 20.8 Å². The molecule has 4 nitrogen and oxygen atoms in total. The van der Waals surface area contributed by atoms with Gasteiger partial charge in [0.05, 0.1) is 18.5 Å². The number of ether oxygens (including phenoxy) is 1. The molecule has 0 fully saturated rings. The van der Waals surface area contributed by atoms with Gasteiger partial charge in [-0.25, -0.2) is 0 Å². The fraction of sp³-hybridized carbons (Fsp3) is 0.273. The maximum Gasteiger partial charge on any atom is 0.127 e. The van der Waals surface area contributed by atoms with Crippen molar-refractivity contribution < 1.29 is 4.74 Å². The molecule has 1 aliphatic rings. The van der Waals surface area contributed by atoms with E-state index in [0.29, 0.717) is 0 Å². The van der Waals surface area contributed by atoms with Crippen molar-refractivity contribution in [3.05, 3.63) is 106 Å². The number of para-hydroxylation sites is 1. The van der Waals surface area contributed by atoms with Crippen molar-refractivity contribution in [3.8, 4) is 5.75 Å². The highest BCUT2D eigenvalue weighted by molar-refractivity contribution is 5.90. The lowest BCUT2D eigenvalue weighted by Gasteiger charge is -2.40. The van der Waals surface area contributed by atoms with Crippen LogP contribution in [0.4, 0.5) is 28.4 Å². The van der Waals surface area contributed by atoms with Gasteiger partial charge in [-0.3, -0.25) is 0 Å². The van der Waals surface area contributed by atoms with Crippen LogP contribution in [0.25, 0.3) is 0 Å². The summed E-state index contributed by atoms with van der Waals surface area (Å²) in [6.07, 6.45) is 0. The first-order valence-corrected chi connectivity index (χ1v) is 12.8. The molecule has 0 aliphatic carbocycles. The van der Waals surface area contributed by atoms with E-state index in [4.69, 9.17) is 4.74 Å². The van der Waals surface area contributed by atoms with Gasteiger partial charge in [-0.05, 0) is 73.4 Å². The molecule has 1 unspecified atom stereocenters. The van der Waals surface area contributed by atoms with Crippen molar-refractivity contribution in [2.75, 3.05) is 50.0 Å². The molecule has 4 heteroatoms. The zero-order chi connectivity index (χ0) is 26.4. The predicted molar refractivity (Wildman–Crippen MR) is 158 cm³/mol. The van der Waals surface area contributed by atoms with Crippen molar-refractivity contribution in [2.45, 2.75) is 26.7 Å². The van der Waals surface area contributed by atoms with Crippen LogP contribution in [0.2, 0.25) is 0 Å². The molecule has 190 valence electrons. The maximum atomic E-state index is 6.16. The Morgan fingerprint density at radius 3 is 1.89 bits per heavy atom. The SMILES string of the molecule is COc1cc(N(C)C)cc2c1C(c1c(C)cc(C)cc1C)c1ccc(N(C)C)cc1N2c1ccccc1. The first-order valence-electron chi connectivity index (χ1n) is 12.8. The van der Waals surface area contributed by atoms with Crippen LogP contribution < -0.4 is 19.4 Å². The summed E-state index contributed by atoms with van der Waals surface area (Å²) in [5.74, 6) is 0.960. The third-order valence-electron chi connectivity index (χ3n) is 7.49. The number of fused-ring (bicyclic) bond motifs is 2. The average molecular weight is 492 g/mol. The van der Waals surface area contributed by atoms with E-state index in [-0.39, 0.29) is 5.92 Å². The second-order valence-electron chi connectivity index (χ2n) is 10.5. The monoisotopic (exact) mass is 491 g/mol. The molecule has 1 aliphatic heterocycles. The largest absolute Gasteiger partial charge is 0.496 e. The fourth-order valence-electron chi connectivity index (χ4n) is 5.83. The number of rotatable bonds is 5. The fourth-order valence-corrected chi connectivity index (χ4v) is 5.83. The van der Waals surface area contributed by atoms with E-state index in [0.717, 1.165) is 22.8 Å². The molecule has 0 bridgehead atoms. The molecule has 0 radical (unpaired) electrons. The van der Waals surface area contributed by atoms with E-state index in [1.165, 1.54) is 44.8 Å². The zero-order valence-corrected chi connectivity index (χ0v) is 23.3. The highest BCUT2D eigenvalue weighted by Gasteiger charge is 2.37. The van der Waals surface area contributed by atoms with Crippen molar-refractivity contribution in [1.82, 2.24) is 0 Å². The van der Waals surface area contributed by atoms with Gasteiger partial charge in [-0.15, -0.1) is 0 Å². The van der Waals surface area contributed by atoms with Crippen molar-refractivity contribution in [3.63, 3.8) is 0 Å². The van der Waals surface area contributed by atoms with Gasteiger partial charge in [0.15, 0.2) is 0 Å². The number of hydrogen-bond donors (Lipinski definition) is 0. The molecular weight excluding hydrogens is 454 g/mol. The number of methoxy groups -OCH3 is 1. The molecule has 0 N–H and O–H groups in total. The summed E-state index contributed by atoms with van der Waals surface area (Å²) in [4.78, 5) is 6.73. The highest BCUT2D eigenvalue weighted by atomic mass is 16.5. The molecule has 5 rings (SSSR count). The number of benzene rings is 4. The number of aryl methyl sites for hydroxylation is 3.